The van der Waals surface area contributed by atoms with E-state index in [0.29, 0.717) is 17.2 Å². The van der Waals surface area contributed by atoms with Gasteiger partial charge in [-0.1, -0.05) is 30.3 Å². The number of hydrogen-bond acceptors (Lipinski definition) is 4. The van der Waals surface area contributed by atoms with Crippen molar-refractivity contribution < 1.29 is 14.2 Å². The number of ether oxygens (including phenoxy) is 3. The van der Waals surface area contributed by atoms with E-state index in [9.17, 15) is 0 Å². The Labute approximate surface area is 132 Å². The monoisotopic (exact) mass is 301 g/mol. The predicted molar refractivity (Wildman–Crippen MR) is 88.0 cm³/mol. The van der Waals surface area contributed by atoms with E-state index in [-0.39, 0.29) is 6.04 Å². The van der Waals surface area contributed by atoms with Crippen LogP contribution in [-0.4, -0.2) is 28.4 Å². The van der Waals surface area contributed by atoms with E-state index in [4.69, 9.17) is 14.2 Å². The highest BCUT2D eigenvalue weighted by molar-refractivity contribution is 5.54. The van der Waals surface area contributed by atoms with Crippen molar-refractivity contribution in [1.82, 2.24) is 5.32 Å². The minimum atomic E-state index is 0.163. The molecule has 2 aromatic rings. The lowest BCUT2D eigenvalue weighted by molar-refractivity contribution is 0.323. The van der Waals surface area contributed by atoms with Crippen LogP contribution in [0.5, 0.6) is 17.2 Å². The lowest BCUT2D eigenvalue weighted by Gasteiger charge is -2.20. The number of nitrogens with one attached hydrogen (secondary N) is 1. The highest BCUT2D eigenvalue weighted by atomic mass is 16.5. The topological polar surface area (TPSA) is 39.7 Å². The van der Waals surface area contributed by atoms with Crippen LogP contribution in [0.1, 0.15) is 17.2 Å². The molecule has 2 aromatic carbocycles. The molecule has 4 nitrogen and oxygen atoms in total. The zero-order valence-electron chi connectivity index (χ0n) is 13.6. The Kier molecular flexibility index (Phi) is 5.67. The molecule has 0 spiro atoms. The van der Waals surface area contributed by atoms with E-state index in [1.165, 1.54) is 5.56 Å². The van der Waals surface area contributed by atoms with Crippen molar-refractivity contribution in [3.63, 3.8) is 0 Å². The third kappa shape index (κ3) is 3.52. The molecule has 1 atom stereocenters. The van der Waals surface area contributed by atoms with Gasteiger partial charge in [-0.05, 0) is 36.7 Å². The average molecular weight is 301 g/mol. The van der Waals surface area contributed by atoms with Crippen LogP contribution in [0, 0.1) is 0 Å². The minimum Gasteiger partial charge on any atom is -0.493 e. The fraction of sp³-hybridized carbons (Fsp3) is 0.333. The smallest absolute Gasteiger partial charge is 0.203 e. The van der Waals surface area contributed by atoms with E-state index in [0.717, 1.165) is 12.0 Å². The van der Waals surface area contributed by atoms with E-state index < -0.39 is 0 Å². The number of benzene rings is 2. The van der Waals surface area contributed by atoms with Crippen LogP contribution < -0.4 is 19.5 Å². The van der Waals surface area contributed by atoms with E-state index >= 15 is 0 Å². The van der Waals surface area contributed by atoms with Crippen LogP contribution >= 0.6 is 0 Å². The maximum absolute atomic E-state index is 5.43. The molecule has 4 heteroatoms. The first-order chi connectivity index (χ1) is 10.7. The second-order valence-electron chi connectivity index (χ2n) is 4.99. The maximum Gasteiger partial charge on any atom is 0.203 e. The number of methoxy groups -OCH3 is 3. The molecule has 0 aromatic heterocycles. The van der Waals surface area contributed by atoms with Crippen LogP contribution in [0.4, 0.5) is 0 Å². The Hall–Kier alpha value is -2.20. The van der Waals surface area contributed by atoms with Crippen molar-refractivity contribution in [3.05, 3.63) is 53.6 Å². The summed E-state index contributed by atoms with van der Waals surface area (Å²) < 4.78 is 16.2. The van der Waals surface area contributed by atoms with Gasteiger partial charge in [-0.2, -0.15) is 0 Å². The molecule has 118 valence electrons. The lowest BCUT2D eigenvalue weighted by Crippen LogP contribution is -2.19. The zero-order valence-corrected chi connectivity index (χ0v) is 13.6. The molecule has 2 rings (SSSR count). The van der Waals surface area contributed by atoms with Crippen LogP contribution in [-0.2, 0) is 6.42 Å². The molecule has 0 heterocycles. The van der Waals surface area contributed by atoms with Gasteiger partial charge >= 0.3 is 0 Å². The highest BCUT2D eigenvalue weighted by Crippen LogP contribution is 2.40. The lowest BCUT2D eigenvalue weighted by atomic mass is 9.98. The minimum absolute atomic E-state index is 0.163. The molecule has 1 N–H and O–H groups in total. The van der Waals surface area contributed by atoms with Gasteiger partial charge in [0.1, 0.15) is 0 Å². The Balaban J connectivity index is 2.36. The van der Waals surface area contributed by atoms with E-state index in [1.807, 2.05) is 25.2 Å². The summed E-state index contributed by atoms with van der Waals surface area (Å²) in [5.74, 6) is 1.96. The van der Waals surface area contributed by atoms with Gasteiger partial charge in [0.15, 0.2) is 11.5 Å². The molecule has 22 heavy (non-hydrogen) atoms. The Morgan fingerprint density at radius 2 is 1.50 bits per heavy atom. The average Bonchev–Trinajstić information content (AvgIpc) is 2.59. The van der Waals surface area contributed by atoms with Crippen LogP contribution in [0.3, 0.4) is 0 Å². The van der Waals surface area contributed by atoms with Crippen molar-refractivity contribution in [2.24, 2.45) is 0 Å². The molecule has 0 bridgehead atoms. The van der Waals surface area contributed by atoms with Gasteiger partial charge in [0, 0.05) is 6.04 Å². The van der Waals surface area contributed by atoms with Gasteiger partial charge in [-0.15, -0.1) is 0 Å². The number of likely N-dealkylation sites (N-methyl/N-ethyl adjacent to an activating group) is 1. The second kappa shape index (κ2) is 7.71. The molecule has 0 aliphatic rings. The molecule has 0 saturated heterocycles. The Morgan fingerprint density at radius 3 is 1.95 bits per heavy atom. The Bertz CT molecular complexity index is 574. The molecule has 1 unspecified atom stereocenters. The van der Waals surface area contributed by atoms with Crippen LogP contribution in [0.25, 0.3) is 0 Å². The molecule has 0 aliphatic heterocycles. The summed E-state index contributed by atoms with van der Waals surface area (Å²) in [6.07, 6.45) is 0.885. The highest BCUT2D eigenvalue weighted by Gasteiger charge is 2.18. The molecular formula is C18H23NO3. The molecule has 0 saturated carbocycles. The third-order valence-corrected chi connectivity index (χ3v) is 3.72. The van der Waals surface area contributed by atoms with Crippen molar-refractivity contribution in [1.29, 1.82) is 0 Å². The standard InChI is InChI=1S/C18H23NO3/c1-19-15(10-13-8-6-5-7-9-13)14-11-16(20-2)18(22-4)17(12-14)21-3/h5-9,11-12,15,19H,10H2,1-4H3. The van der Waals surface area contributed by atoms with Crippen molar-refractivity contribution in [3.8, 4) is 17.2 Å². The van der Waals surface area contributed by atoms with E-state index in [2.05, 4.69) is 29.6 Å². The van der Waals surface area contributed by atoms with E-state index in [1.54, 1.807) is 21.3 Å². The quantitative estimate of drug-likeness (QED) is 0.852. The molecule has 0 amide bonds. The largest absolute Gasteiger partial charge is 0.493 e. The van der Waals surface area contributed by atoms with Gasteiger partial charge < -0.3 is 19.5 Å². The fourth-order valence-electron chi connectivity index (χ4n) is 2.54. The van der Waals surface area contributed by atoms with Crippen molar-refractivity contribution in [2.75, 3.05) is 28.4 Å². The molecule has 0 fully saturated rings. The summed E-state index contributed by atoms with van der Waals surface area (Å²) in [7, 11) is 6.83. The van der Waals surface area contributed by atoms with Gasteiger partial charge in [0.2, 0.25) is 5.75 Å². The fourth-order valence-corrected chi connectivity index (χ4v) is 2.54. The summed E-state index contributed by atoms with van der Waals surface area (Å²) in [6, 6.07) is 14.5. The first-order valence-electron chi connectivity index (χ1n) is 7.24. The van der Waals surface area contributed by atoms with Crippen molar-refractivity contribution >= 4 is 0 Å². The third-order valence-electron chi connectivity index (χ3n) is 3.72. The first kappa shape index (κ1) is 16.2. The van der Waals surface area contributed by atoms with Gasteiger partial charge in [0.25, 0.3) is 0 Å². The second-order valence-corrected chi connectivity index (χ2v) is 4.99. The first-order valence-corrected chi connectivity index (χ1v) is 7.24. The molecule has 0 aliphatic carbocycles. The maximum atomic E-state index is 5.43. The number of hydrogen-bond donors (Lipinski definition) is 1. The summed E-state index contributed by atoms with van der Waals surface area (Å²) in [4.78, 5) is 0. The van der Waals surface area contributed by atoms with Crippen molar-refractivity contribution in [2.45, 2.75) is 12.5 Å². The number of rotatable bonds is 7. The normalized spacial score (nSPS) is 11.8. The summed E-state index contributed by atoms with van der Waals surface area (Å²) in [5, 5.41) is 3.36. The predicted octanol–water partition coefficient (Wildman–Crippen LogP) is 3.22. The van der Waals surface area contributed by atoms with Gasteiger partial charge in [0.05, 0.1) is 21.3 Å². The molecular weight excluding hydrogens is 278 g/mol. The van der Waals surface area contributed by atoms with Gasteiger partial charge in [-0.25, -0.2) is 0 Å². The summed E-state index contributed by atoms with van der Waals surface area (Å²) in [5.41, 5.74) is 2.37. The summed E-state index contributed by atoms with van der Waals surface area (Å²) >= 11 is 0. The SMILES string of the molecule is CNC(Cc1ccccc1)c1cc(OC)c(OC)c(OC)c1. The van der Waals surface area contributed by atoms with Crippen LogP contribution in [0.2, 0.25) is 0 Å². The Morgan fingerprint density at radius 1 is 0.909 bits per heavy atom. The summed E-state index contributed by atoms with van der Waals surface area (Å²) in [6.45, 7) is 0. The molecule has 0 radical (unpaired) electrons. The van der Waals surface area contributed by atoms with Gasteiger partial charge in [-0.3, -0.25) is 0 Å². The van der Waals surface area contributed by atoms with Crippen LogP contribution in [0.15, 0.2) is 42.5 Å². The zero-order chi connectivity index (χ0) is 15.9.